The van der Waals surface area contributed by atoms with Gasteiger partial charge in [0.2, 0.25) is 0 Å². The minimum atomic E-state index is -2.32. The standard InChI is InChI=1S/C28H26BrFN4O4S/c1-18-27(35)33(15-14-19-2-4-20(5-3-19)16-31-39(36)37)28(38-18)25-17-34(24-12-8-22(29)9-13-24)32-26(25)21-6-10-23(30)11-7-21/h2-13,17-18,28,31H,14-16H2,1H3,(H,36,37)/p-1/t18-,28-/m1/s1. The second-order valence-corrected chi connectivity index (χ2v) is 10.8. The molecule has 1 aliphatic heterocycles. The highest BCUT2D eigenvalue weighted by atomic mass is 79.9. The fraction of sp³-hybridized carbons (Fsp3) is 0.214. The van der Waals surface area contributed by atoms with Crippen LogP contribution >= 0.6 is 15.9 Å². The molecule has 1 amide bonds. The number of nitrogens with one attached hydrogen (secondary N) is 1. The molecule has 202 valence electrons. The molecule has 1 N–H and O–H groups in total. The van der Waals surface area contributed by atoms with E-state index < -0.39 is 23.6 Å². The number of hydrogen-bond acceptors (Lipinski definition) is 5. The molecule has 1 aromatic heterocycles. The third kappa shape index (κ3) is 6.34. The van der Waals surface area contributed by atoms with Crippen molar-refractivity contribution >= 4 is 33.1 Å². The number of halogens is 2. The Hall–Kier alpha value is -3.22. The summed E-state index contributed by atoms with van der Waals surface area (Å²) in [6.07, 6.45) is 1.12. The van der Waals surface area contributed by atoms with Crippen molar-refractivity contribution < 1.29 is 22.7 Å². The van der Waals surface area contributed by atoms with E-state index in [4.69, 9.17) is 9.84 Å². The van der Waals surface area contributed by atoms with Crippen LogP contribution < -0.4 is 4.72 Å². The first-order valence-electron chi connectivity index (χ1n) is 12.3. The largest absolute Gasteiger partial charge is 0.760 e. The van der Waals surface area contributed by atoms with E-state index in [-0.39, 0.29) is 18.3 Å². The maximum atomic E-state index is 13.7. The summed E-state index contributed by atoms with van der Waals surface area (Å²) < 4.78 is 46.4. The van der Waals surface area contributed by atoms with Crippen LogP contribution in [0.2, 0.25) is 0 Å². The molecule has 3 aromatic carbocycles. The zero-order chi connectivity index (χ0) is 27.5. The van der Waals surface area contributed by atoms with Gasteiger partial charge in [-0.05, 0) is 73.0 Å². The molecule has 5 rings (SSSR count). The van der Waals surface area contributed by atoms with Crippen LogP contribution in [0.5, 0.6) is 0 Å². The molecule has 8 nitrogen and oxygen atoms in total. The third-order valence-corrected chi connectivity index (χ3v) is 7.43. The van der Waals surface area contributed by atoms with Crippen molar-refractivity contribution in [3.63, 3.8) is 0 Å². The Balaban J connectivity index is 1.43. The van der Waals surface area contributed by atoms with Gasteiger partial charge in [0.25, 0.3) is 5.91 Å². The Morgan fingerprint density at radius 1 is 1.05 bits per heavy atom. The number of carbonyl (C=O) groups is 1. The molecule has 0 saturated carbocycles. The van der Waals surface area contributed by atoms with Crippen molar-refractivity contribution in [1.82, 2.24) is 19.4 Å². The highest BCUT2D eigenvalue weighted by molar-refractivity contribution is 9.10. The van der Waals surface area contributed by atoms with Crippen LogP contribution in [0.15, 0.2) is 83.5 Å². The van der Waals surface area contributed by atoms with Crippen LogP contribution in [0.3, 0.4) is 0 Å². The van der Waals surface area contributed by atoms with E-state index in [1.165, 1.54) is 12.1 Å². The van der Waals surface area contributed by atoms with E-state index in [9.17, 15) is 17.9 Å². The number of ether oxygens (including phenoxy) is 1. The predicted octanol–water partition coefficient (Wildman–Crippen LogP) is 4.81. The first kappa shape index (κ1) is 27.4. The summed E-state index contributed by atoms with van der Waals surface area (Å²) in [6, 6.07) is 21.3. The fourth-order valence-electron chi connectivity index (χ4n) is 4.48. The van der Waals surface area contributed by atoms with Gasteiger partial charge < -0.3 is 14.2 Å². The molecule has 0 aliphatic carbocycles. The number of amides is 1. The summed E-state index contributed by atoms with van der Waals surface area (Å²) in [5.41, 5.74) is 4.67. The van der Waals surface area contributed by atoms with Crippen molar-refractivity contribution in [1.29, 1.82) is 0 Å². The van der Waals surface area contributed by atoms with Gasteiger partial charge in [0.15, 0.2) is 6.23 Å². The average Bonchev–Trinajstić information content (AvgIpc) is 3.49. The van der Waals surface area contributed by atoms with E-state index in [0.717, 1.165) is 21.3 Å². The Morgan fingerprint density at radius 2 is 1.72 bits per heavy atom. The summed E-state index contributed by atoms with van der Waals surface area (Å²) in [5, 5.41) is 4.81. The van der Waals surface area contributed by atoms with Crippen molar-refractivity contribution in [2.24, 2.45) is 0 Å². The lowest BCUT2D eigenvalue weighted by Gasteiger charge is -2.23. The van der Waals surface area contributed by atoms with Crippen molar-refractivity contribution in [3.05, 3.63) is 106 Å². The Morgan fingerprint density at radius 3 is 2.38 bits per heavy atom. The monoisotopic (exact) mass is 611 g/mol. The number of carbonyl (C=O) groups excluding carboxylic acids is 1. The molecule has 1 unspecified atom stereocenters. The molecule has 4 aromatic rings. The van der Waals surface area contributed by atoms with Crippen molar-refractivity contribution in [3.8, 4) is 16.9 Å². The topological polar surface area (TPSA) is 99.5 Å². The van der Waals surface area contributed by atoms with Crippen molar-refractivity contribution in [2.45, 2.75) is 32.2 Å². The molecule has 0 spiro atoms. The Kier molecular flexibility index (Phi) is 8.34. The maximum Gasteiger partial charge on any atom is 0.253 e. The van der Waals surface area contributed by atoms with Gasteiger partial charge in [-0.15, -0.1) is 0 Å². The molecule has 11 heteroatoms. The number of rotatable bonds is 9. The van der Waals surface area contributed by atoms with Gasteiger partial charge in [-0.2, -0.15) is 5.10 Å². The molecular weight excluding hydrogens is 587 g/mol. The van der Waals surface area contributed by atoms with Crippen LogP contribution in [-0.2, 0) is 33.8 Å². The SMILES string of the molecule is C[C@H]1O[C@H](c2cn(-c3ccc(Br)cc3)nc2-c2ccc(F)cc2)N(CCc2ccc(CNS(=O)[O-])cc2)C1=O. The summed E-state index contributed by atoms with van der Waals surface area (Å²) in [4.78, 5) is 14.9. The summed E-state index contributed by atoms with van der Waals surface area (Å²) in [6.45, 7) is 2.35. The highest BCUT2D eigenvalue weighted by Gasteiger charge is 2.40. The zero-order valence-corrected chi connectivity index (χ0v) is 23.3. The lowest BCUT2D eigenvalue weighted by atomic mass is 10.1. The lowest BCUT2D eigenvalue weighted by Crippen LogP contribution is -2.32. The Labute approximate surface area is 236 Å². The quantitative estimate of drug-likeness (QED) is 0.274. The van der Waals surface area contributed by atoms with E-state index >= 15 is 0 Å². The van der Waals surface area contributed by atoms with E-state index in [1.807, 2.05) is 54.7 Å². The molecule has 1 fully saturated rings. The first-order chi connectivity index (χ1) is 18.8. The molecule has 2 heterocycles. The van der Waals surface area contributed by atoms with Crippen LogP contribution in [0.4, 0.5) is 4.39 Å². The molecule has 0 radical (unpaired) electrons. The lowest BCUT2D eigenvalue weighted by molar-refractivity contribution is -0.130. The van der Waals surface area contributed by atoms with Crippen molar-refractivity contribution in [2.75, 3.05) is 6.54 Å². The van der Waals surface area contributed by atoms with Gasteiger partial charge in [-0.1, -0.05) is 40.2 Å². The van der Waals surface area contributed by atoms with Crippen LogP contribution in [-0.4, -0.2) is 42.0 Å². The van der Waals surface area contributed by atoms with E-state index in [2.05, 4.69) is 20.7 Å². The van der Waals surface area contributed by atoms with E-state index in [1.54, 1.807) is 28.6 Å². The molecular formula is C28H25BrFN4O4S-. The molecule has 0 bridgehead atoms. The number of benzene rings is 3. The zero-order valence-electron chi connectivity index (χ0n) is 20.9. The molecule has 1 aliphatic rings. The maximum absolute atomic E-state index is 13.7. The average molecular weight is 613 g/mol. The van der Waals surface area contributed by atoms with Gasteiger partial charge in [0.1, 0.15) is 17.6 Å². The Bertz CT molecular complexity index is 1480. The highest BCUT2D eigenvalue weighted by Crippen LogP contribution is 2.37. The molecule has 1 saturated heterocycles. The van der Waals surface area contributed by atoms with E-state index in [0.29, 0.717) is 29.8 Å². The fourth-order valence-corrected chi connectivity index (χ4v) is 5.03. The normalized spacial score (nSPS) is 18.1. The minimum absolute atomic E-state index is 0.125. The van der Waals surface area contributed by atoms with Crippen LogP contribution in [0.25, 0.3) is 16.9 Å². The van der Waals surface area contributed by atoms with Crippen LogP contribution in [0.1, 0.15) is 29.8 Å². The predicted molar refractivity (Wildman–Crippen MR) is 148 cm³/mol. The second-order valence-electron chi connectivity index (χ2n) is 9.15. The number of aromatic nitrogens is 2. The van der Waals surface area contributed by atoms with Gasteiger partial charge >= 0.3 is 0 Å². The summed E-state index contributed by atoms with van der Waals surface area (Å²) in [7, 11) is 0. The number of nitrogens with zero attached hydrogens (tertiary/aromatic N) is 3. The van der Waals surface area contributed by atoms with Crippen LogP contribution in [0, 0.1) is 5.82 Å². The van der Waals surface area contributed by atoms with Gasteiger partial charge in [0.05, 0.1) is 5.69 Å². The minimum Gasteiger partial charge on any atom is -0.760 e. The molecule has 3 atom stereocenters. The smallest absolute Gasteiger partial charge is 0.253 e. The number of hydrogen-bond donors (Lipinski definition) is 1. The first-order valence-corrected chi connectivity index (χ1v) is 14.1. The molecule has 39 heavy (non-hydrogen) atoms. The summed E-state index contributed by atoms with van der Waals surface area (Å²) >= 11 is 1.13. The second kappa shape index (κ2) is 11.9. The third-order valence-electron chi connectivity index (χ3n) is 6.52. The van der Waals surface area contributed by atoms with Gasteiger partial charge in [-0.3, -0.25) is 9.00 Å². The van der Waals surface area contributed by atoms with Gasteiger partial charge in [0, 0.05) is 46.2 Å². The van der Waals surface area contributed by atoms with Gasteiger partial charge in [-0.25, -0.2) is 13.8 Å². The summed E-state index contributed by atoms with van der Waals surface area (Å²) in [5.74, 6) is -0.474.